The number of anilines is 1. The van der Waals surface area contributed by atoms with E-state index in [1.807, 2.05) is 0 Å². The van der Waals surface area contributed by atoms with Crippen LogP contribution < -0.4 is 10.6 Å². The van der Waals surface area contributed by atoms with Crippen LogP contribution in [0.1, 0.15) is 40.6 Å². The van der Waals surface area contributed by atoms with Gasteiger partial charge in [0.15, 0.2) is 0 Å². The molecule has 0 aliphatic carbocycles. The fourth-order valence-electron chi connectivity index (χ4n) is 4.29. The molecule has 0 atom stereocenters. The third-order valence-electron chi connectivity index (χ3n) is 6.30. The summed E-state index contributed by atoms with van der Waals surface area (Å²) in [5.41, 5.74) is 0.876. The molecule has 1 fully saturated rings. The van der Waals surface area contributed by atoms with Gasteiger partial charge >= 0.3 is 6.18 Å². The van der Waals surface area contributed by atoms with Gasteiger partial charge in [0.05, 0.1) is 23.3 Å². The van der Waals surface area contributed by atoms with Crippen LogP contribution in [0.25, 0.3) is 16.9 Å². The quantitative estimate of drug-likeness (QED) is 0.450. The maximum atomic E-state index is 13.9. The molecule has 1 saturated heterocycles. The number of aryl methyl sites for hydroxylation is 1. The van der Waals surface area contributed by atoms with E-state index in [1.165, 1.54) is 21.4 Å². The molecule has 9 nitrogen and oxygen atoms in total. The lowest BCUT2D eigenvalue weighted by Gasteiger charge is -2.31. The van der Waals surface area contributed by atoms with Crippen molar-refractivity contribution in [3.05, 3.63) is 53.5 Å². The normalized spacial score (nSPS) is 17.3. The van der Waals surface area contributed by atoms with Gasteiger partial charge in [-0.05, 0) is 50.9 Å². The Labute approximate surface area is 218 Å². The SMILES string of the molecule is [2H]C([2H])([2H])NCc1ccc(-n2cc(-c3nc(NC4CCN(S(=O)(=O)CC)CC4)ncc3C(F)(F)F)cn2)c(C)c1. The fourth-order valence-corrected chi connectivity index (χ4v) is 5.42. The number of rotatable bonds is 8. The Morgan fingerprint density at radius 1 is 1.22 bits per heavy atom. The summed E-state index contributed by atoms with van der Waals surface area (Å²) in [5.74, 6) is 0.0187. The summed E-state index contributed by atoms with van der Waals surface area (Å²) in [6.07, 6.45) is -0.307. The molecule has 1 aromatic carbocycles. The highest BCUT2D eigenvalue weighted by Gasteiger charge is 2.36. The molecule has 0 unspecified atom stereocenters. The third-order valence-corrected chi connectivity index (χ3v) is 8.18. The summed E-state index contributed by atoms with van der Waals surface area (Å²) in [4.78, 5) is 8.07. The second kappa shape index (κ2) is 10.8. The maximum absolute atomic E-state index is 13.9. The smallest absolute Gasteiger partial charge is 0.351 e. The largest absolute Gasteiger partial charge is 0.419 e. The number of aromatic nitrogens is 4. The number of sulfonamides is 1. The van der Waals surface area contributed by atoms with Crippen molar-refractivity contribution in [2.75, 3.05) is 31.1 Å². The second-order valence-electron chi connectivity index (χ2n) is 8.82. The Morgan fingerprint density at radius 3 is 2.62 bits per heavy atom. The Bertz CT molecular complexity index is 1450. The average molecular weight is 541 g/mol. The molecule has 200 valence electrons. The molecule has 3 aromatic rings. The highest BCUT2D eigenvalue weighted by Crippen LogP contribution is 2.36. The van der Waals surface area contributed by atoms with Crippen LogP contribution in [0, 0.1) is 6.92 Å². The first-order chi connectivity index (χ1) is 18.7. The zero-order valence-corrected chi connectivity index (χ0v) is 21.2. The third kappa shape index (κ3) is 6.11. The molecule has 2 N–H and O–H groups in total. The minimum atomic E-state index is -4.71. The van der Waals surface area contributed by atoms with Crippen molar-refractivity contribution in [3.8, 4) is 16.9 Å². The number of hydrogen-bond acceptors (Lipinski definition) is 7. The van der Waals surface area contributed by atoms with E-state index in [9.17, 15) is 21.6 Å². The molecular weight excluding hydrogens is 507 g/mol. The zero-order chi connectivity index (χ0) is 29.3. The van der Waals surface area contributed by atoms with Crippen LogP contribution in [0.2, 0.25) is 0 Å². The molecule has 0 amide bonds. The number of benzene rings is 1. The molecule has 37 heavy (non-hydrogen) atoms. The molecule has 2 aromatic heterocycles. The van der Waals surface area contributed by atoms with Crippen LogP contribution in [0.4, 0.5) is 19.1 Å². The summed E-state index contributed by atoms with van der Waals surface area (Å²) in [5, 5.41) is 9.74. The van der Waals surface area contributed by atoms with Crippen LogP contribution >= 0.6 is 0 Å². The lowest BCUT2D eigenvalue weighted by atomic mass is 10.1. The molecule has 3 heterocycles. The lowest BCUT2D eigenvalue weighted by Crippen LogP contribution is -2.43. The summed E-state index contributed by atoms with van der Waals surface area (Å²) in [6, 6.07) is 5.01. The van der Waals surface area contributed by atoms with Gasteiger partial charge in [-0.15, -0.1) is 0 Å². The first-order valence-electron chi connectivity index (χ1n) is 13.2. The molecule has 0 saturated carbocycles. The van der Waals surface area contributed by atoms with Crippen molar-refractivity contribution in [1.82, 2.24) is 29.4 Å². The van der Waals surface area contributed by atoms with Crippen LogP contribution in [-0.4, -0.2) is 64.3 Å². The van der Waals surface area contributed by atoms with E-state index in [2.05, 4.69) is 25.7 Å². The standard InChI is InChI=1S/C24H30F3N7O2S/c1-4-37(35,36)33-9-7-19(8-10-33)31-23-29-14-20(24(25,26)27)22(32-23)18-13-30-34(15-18)21-6-5-17(12-28-3)11-16(21)2/h5-6,11,13-15,19,28H,4,7-10,12H2,1-3H3,(H,29,31,32)/i3D3. The number of nitrogens with zero attached hydrogens (tertiary/aromatic N) is 5. The van der Waals surface area contributed by atoms with E-state index >= 15 is 0 Å². The summed E-state index contributed by atoms with van der Waals surface area (Å²) < 4.78 is 90.5. The first-order valence-corrected chi connectivity index (χ1v) is 13.4. The molecule has 0 spiro atoms. The van der Waals surface area contributed by atoms with Gasteiger partial charge in [-0.1, -0.05) is 12.1 Å². The predicted molar refractivity (Wildman–Crippen MR) is 135 cm³/mol. The topological polar surface area (TPSA) is 105 Å². The van der Waals surface area contributed by atoms with Gasteiger partial charge in [-0.25, -0.2) is 27.4 Å². The minimum Gasteiger partial charge on any atom is -0.351 e. The maximum Gasteiger partial charge on any atom is 0.419 e. The monoisotopic (exact) mass is 540 g/mol. The Hall–Kier alpha value is -3.03. The van der Waals surface area contributed by atoms with E-state index in [1.54, 1.807) is 32.0 Å². The second-order valence-corrected chi connectivity index (χ2v) is 11.1. The molecule has 1 aliphatic heterocycles. The van der Waals surface area contributed by atoms with Crippen molar-refractivity contribution in [2.45, 2.75) is 45.5 Å². The molecule has 0 bridgehead atoms. The van der Waals surface area contributed by atoms with Crippen LogP contribution in [0.3, 0.4) is 0 Å². The van der Waals surface area contributed by atoms with Gasteiger partial charge in [0.2, 0.25) is 16.0 Å². The van der Waals surface area contributed by atoms with Gasteiger partial charge in [0.1, 0.15) is 5.56 Å². The number of alkyl halides is 3. The number of halogens is 3. The van der Waals surface area contributed by atoms with Crippen molar-refractivity contribution in [2.24, 2.45) is 0 Å². The van der Waals surface area contributed by atoms with Gasteiger partial charge in [-0.3, -0.25) is 0 Å². The Morgan fingerprint density at radius 2 is 1.97 bits per heavy atom. The zero-order valence-electron chi connectivity index (χ0n) is 23.4. The minimum absolute atomic E-state index is 0.00911. The van der Waals surface area contributed by atoms with Crippen LogP contribution in [0.5, 0.6) is 0 Å². The van der Waals surface area contributed by atoms with Crippen LogP contribution in [0.15, 0.2) is 36.8 Å². The molecule has 1 aliphatic rings. The lowest BCUT2D eigenvalue weighted by molar-refractivity contribution is -0.137. The van der Waals surface area contributed by atoms with E-state index in [0.29, 0.717) is 31.6 Å². The van der Waals surface area contributed by atoms with Gasteiger partial charge in [0.25, 0.3) is 0 Å². The van der Waals surface area contributed by atoms with Crippen molar-refractivity contribution in [1.29, 1.82) is 0 Å². The van der Waals surface area contributed by atoms with Crippen molar-refractivity contribution < 1.29 is 25.7 Å². The predicted octanol–water partition coefficient (Wildman–Crippen LogP) is 3.60. The highest BCUT2D eigenvalue weighted by atomic mass is 32.2. The fraction of sp³-hybridized carbons (Fsp3) is 0.458. The number of piperidine rings is 1. The summed E-state index contributed by atoms with van der Waals surface area (Å²) in [6.45, 7) is 1.83. The summed E-state index contributed by atoms with van der Waals surface area (Å²) >= 11 is 0. The average Bonchev–Trinajstić information content (AvgIpc) is 3.37. The highest BCUT2D eigenvalue weighted by molar-refractivity contribution is 7.89. The van der Waals surface area contributed by atoms with E-state index in [-0.39, 0.29) is 35.5 Å². The van der Waals surface area contributed by atoms with Crippen LogP contribution in [-0.2, 0) is 22.7 Å². The van der Waals surface area contributed by atoms with Gasteiger partial charge in [0, 0.05) is 47.7 Å². The van der Waals surface area contributed by atoms with E-state index in [4.69, 9.17) is 4.11 Å². The molecule has 0 radical (unpaired) electrons. The molecule has 4 rings (SSSR count). The van der Waals surface area contributed by atoms with Crippen molar-refractivity contribution in [3.63, 3.8) is 0 Å². The van der Waals surface area contributed by atoms with Gasteiger partial charge < -0.3 is 10.6 Å². The Kier molecular flexibility index (Phi) is 6.72. The Balaban J connectivity index is 1.56. The molecule has 13 heteroatoms. The van der Waals surface area contributed by atoms with Gasteiger partial charge in [-0.2, -0.15) is 18.3 Å². The number of nitrogens with one attached hydrogen (secondary N) is 2. The van der Waals surface area contributed by atoms with Crippen molar-refractivity contribution >= 4 is 16.0 Å². The van der Waals surface area contributed by atoms with E-state index < -0.39 is 28.7 Å². The number of hydrogen-bond donors (Lipinski definition) is 2. The first kappa shape index (κ1) is 23.1. The van der Waals surface area contributed by atoms with E-state index in [0.717, 1.165) is 17.3 Å². The molecular formula is C24H30F3N7O2S. The summed E-state index contributed by atoms with van der Waals surface area (Å²) in [7, 11) is -3.30.